The van der Waals surface area contributed by atoms with Crippen LogP contribution in [-0.2, 0) is 19.4 Å². The summed E-state index contributed by atoms with van der Waals surface area (Å²) in [4.78, 5) is 13.1. The monoisotopic (exact) mass is 337 g/mol. The maximum atomic E-state index is 12.5. The minimum Gasteiger partial charge on any atom is -0.466 e. The molecule has 126 valence electrons. The Morgan fingerprint density at radius 2 is 2.00 bits per heavy atom. The zero-order valence-corrected chi connectivity index (χ0v) is 14.4. The van der Waals surface area contributed by atoms with E-state index in [1.165, 1.54) is 12.3 Å². The Kier molecular flexibility index (Phi) is 5.82. The zero-order chi connectivity index (χ0) is 16.9. The quantitative estimate of drug-likeness (QED) is 0.590. The molecule has 23 heavy (non-hydrogen) atoms. The molecule has 1 aliphatic heterocycles. The van der Waals surface area contributed by atoms with E-state index in [2.05, 4.69) is 4.90 Å². The third kappa shape index (κ3) is 5.10. The number of nitrogens with zero attached hydrogens (tertiary/aromatic N) is 1. The molecule has 1 aromatic rings. The number of ether oxygens (including phenoxy) is 1. The molecule has 0 bridgehead atoms. The van der Waals surface area contributed by atoms with Gasteiger partial charge in [0, 0.05) is 25.7 Å². The molecule has 0 saturated carbocycles. The van der Waals surface area contributed by atoms with Crippen molar-refractivity contribution in [1.29, 1.82) is 0 Å². The first kappa shape index (κ1) is 17.5. The van der Waals surface area contributed by atoms with Crippen molar-refractivity contribution in [3.8, 4) is 0 Å². The van der Waals surface area contributed by atoms with Crippen LogP contribution in [0.2, 0.25) is 0 Å². The number of aryl methyl sites for hydroxylation is 1. The number of benzene rings is 1. The van der Waals surface area contributed by atoms with Crippen LogP contribution in [0, 0.1) is 6.92 Å². The number of rotatable bonds is 6. The Bertz CT molecular complexity index is 677. The van der Waals surface area contributed by atoms with Crippen molar-refractivity contribution in [2.45, 2.75) is 38.0 Å². The van der Waals surface area contributed by atoms with Crippen molar-refractivity contribution in [3.05, 3.63) is 40.9 Å². The predicted molar refractivity (Wildman–Crippen MR) is 88.5 cm³/mol. The molecule has 1 aliphatic rings. The largest absolute Gasteiger partial charge is 0.466 e. The summed E-state index contributed by atoms with van der Waals surface area (Å²) >= 11 is 0. The summed E-state index contributed by atoms with van der Waals surface area (Å²) in [6.07, 6.45) is 2.41. The maximum absolute atomic E-state index is 12.5. The molecular formula is C17H23NO4S. The summed E-state index contributed by atoms with van der Waals surface area (Å²) in [6.45, 7) is 5.22. The van der Waals surface area contributed by atoms with E-state index in [0.29, 0.717) is 24.5 Å². The van der Waals surface area contributed by atoms with E-state index in [-0.39, 0.29) is 5.97 Å². The van der Waals surface area contributed by atoms with Gasteiger partial charge in [-0.15, -0.1) is 0 Å². The molecule has 0 amide bonds. The average molecular weight is 337 g/mol. The molecule has 0 N–H and O–H groups in total. The Balaban J connectivity index is 2.04. The molecule has 2 rings (SSSR count). The molecule has 6 heteroatoms. The highest BCUT2D eigenvalue weighted by Gasteiger charge is 2.21. The molecule has 0 aromatic heterocycles. The van der Waals surface area contributed by atoms with Crippen LogP contribution in [-0.4, -0.2) is 39.0 Å². The maximum Gasteiger partial charge on any atom is 0.302 e. The summed E-state index contributed by atoms with van der Waals surface area (Å²) < 4.78 is 29.9. The second-order valence-electron chi connectivity index (χ2n) is 5.75. The fourth-order valence-corrected chi connectivity index (χ4v) is 3.86. The normalized spacial score (nSPS) is 16.8. The highest BCUT2D eigenvalue weighted by atomic mass is 32.2. The van der Waals surface area contributed by atoms with Crippen molar-refractivity contribution in [2.24, 2.45) is 0 Å². The van der Waals surface area contributed by atoms with Crippen molar-refractivity contribution < 1.29 is 17.9 Å². The minimum atomic E-state index is -3.43. The number of carbonyl (C=O) groups is 1. The molecule has 0 aliphatic carbocycles. The van der Waals surface area contributed by atoms with Gasteiger partial charge in [0.1, 0.15) is 0 Å². The number of hydrogen-bond acceptors (Lipinski definition) is 5. The second kappa shape index (κ2) is 7.64. The first-order valence-electron chi connectivity index (χ1n) is 7.79. The lowest BCUT2D eigenvalue weighted by Crippen LogP contribution is -2.21. The third-order valence-corrected chi connectivity index (χ3v) is 5.30. The van der Waals surface area contributed by atoms with Gasteiger partial charge in [-0.3, -0.25) is 4.79 Å². The van der Waals surface area contributed by atoms with Crippen molar-refractivity contribution in [1.82, 2.24) is 4.90 Å². The van der Waals surface area contributed by atoms with Gasteiger partial charge < -0.3 is 9.64 Å². The van der Waals surface area contributed by atoms with Crippen LogP contribution < -0.4 is 0 Å². The van der Waals surface area contributed by atoms with E-state index in [9.17, 15) is 13.2 Å². The zero-order valence-electron chi connectivity index (χ0n) is 13.6. The topological polar surface area (TPSA) is 63.7 Å². The molecule has 0 unspecified atom stereocenters. The van der Waals surface area contributed by atoms with Crippen molar-refractivity contribution in [2.75, 3.05) is 19.7 Å². The van der Waals surface area contributed by atoms with Crippen LogP contribution in [0.3, 0.4) is 0 Å². The van der Waals surface area contributed by atoms with E-state index in [1.807, 2.05) is 6.92 Å². The van der Waals surface area contributed by atoms with E-state index in [1.54, 1.807) is 24.3 Å². The molecule has 0 atom stereocenters. The molecule has 0 spiro atoms. The van der Waals surface area contributed by atoms with Crippen LogP contribution in [0.4, 0.5) is 0 Å². The van der Waals surface area contributed by atoms with Gasteiger partial charge >= 0.3 is 5.97 Å². The number of hydrogen-bond donors (Lipinski definition) is 0. The number of likely N-dealkylation sites (tertiary alicyclic amines) is 1. The first-order valence-corrected chi connectivity index (χ1v) is 9.34. The van der Waals surface area contributed by atoms with Crippen LogP contribution in [0.1, 0.15) is 31.7 Å². The van der Waals surface area contributed by atoms with Gasteiger partial charge in [-0.25, -0.2) is 8.42 Å². The lowest BCUT2D eigenvalue weighted by molar-refractivity contribution is -0.141. The molecular weight excluding hydrogens is 314 g/mol. The number of carbonyl (C=O) groups excluding carboxylic acids is 1. The highest BCUT2D eigenvalue weighted by Crippen LogP contribution is 2.24. The fourth-order valence-electron chi connectivity index (χ4n) is 2.59. The van der Waals surface area contributed by atoms with Crippen molar-refractivity contribution in [3.63, 3.8) is 0 Å². The standard InChI is InChI=1S/C17H23NO4S/c1-14-6-8-17(9-7-14)23(20,21)13-16-5-3-10-18(16)11-4-12-22-15(2)19/h6-9,13H,3-5,10-12H2,1-2H3/b16-13+. The number of esters is 1. The Morgan fingerprint density at radius 3 is 2.65 bits per heavy atom. The van der Waals surface area contributed by atoms with Crippen LogP contribution >= 0.6 is 0 Å². The van der Waals surface area contributed by atoms with E-state index in [0.717, 1.165) is 30.6 Å². The highest BCUT2D eigenvalue weighted by molar-refractivity contribution is 7.94. The SMILES string of the molecule is CC(=O)OCCCN1CCC/C1=C\S(=O)(=O)c1ccc(C)cc1. The van der Waals surface area contributed by atoms with Crippen LogP contribution in [0.15, 0.2) is 40.3 Å². The van der Waals surface area contributed by atoms with Crippen LogP contribution in [0.5, 0.6) is 0 Å². The lowest BCUT2D eigenvalue weighted by atomic mass is 10.2. The fraction of sp³-hybridized carbons (Fsp3) is 0.471. The van der Waals surface area contributed by atoms with Gasteiger partial charge in [0.2, 0.25) is 9.84 Å². The Labute approximate surface area is 137 Å². The molecule has 1 saturated heterocycles. The Hall–Kier alpha value is -1.82. The summed E-state index contributed by atoms with van der Waals surface area (Å²) in [5.41, 5.74) is 1.87. The van der Waals surface area contributed by atoms with Gasteiger partial charge in [0.15, 0.2) is 0 Å². The number of allylic oxidation sites excluding steroid dienone is 1. The van der Waals surface area contributed by atoms with Gasteiger partial charge in [-0.2, -0.15) is 0 Å². The summed E-state index contributed by atoms with van der Waals surface area (Å²) in [7, 11) is -3.43. The smallest absolute Gasteiger partial charge is 0.302 e. The Morgan fingerprint density at radius 1 is 1.30 bits per heavy atom. The van der Waals surface area contributed by atoms with Crippen LogP contribution in [0.25, 0.3) is 0 Å². The third-order valence-electron chi connectivity index (χ3n) is 3.79. The molecule has 1 heterocycles. The average Bonchev–Trinajstić information content (AvgIpc) is 2.90. The molecule has 0 radical (unpaired) electrons. The predicted octanol–water partition coefficient (Wildman–Crippen LogP) is 2.66. The minimum absolute atomic E-state index is 0.288. The van der Waals surface area contributed by atoms with Gasteiger partial charge in [0.25, 0.3) is 0 Å². The summed E-state index contributed by atoms with van der Waals surface area (Å²) in [6, 6.07) is 6.89. The first-order chi connectivity index (χ1) is 10.9. The van der Waals surface area contributed by atoms with Crippen molar-refractivity contribution >= 4 is 15.8 Å². The molecule has 1 aromatic carbocycles. The van der Waals surface area contributed by atoms with Gasteiger partial charge in [0.05, 0.1) is 16.9 Å². The lowest BCUT2D eigenvalue weighted by Gasteiger charge is -2.19. The molecule has 5 nitrogen and oxygen atoms in total. The number of sulfone groups is 1. The molecule has 1 fully saturated rings. The van der Waals surface area contributed by atoms with E-state index < -0.39 is 9.84 Å². The van der Waals surface area contributed by atoms with E-state index >= 15 is 0 Å². The van der Waals surface area contributed by atoms with E-state index in [4.69, 9.17) is 4.74 Å². The summed E-state index contributed by atoms with van der Waals surface area (Å²) in [5, 5.41) is 1.39. The van der Waals surface area contributed by atoms with Gasteiger partial charge in [-0.1, -0.05) is 17.7 Å². The summed E-state index contributed by atoms with van der Waals surface area (Å²) in [5.74, 6) is -0.288. The van der Waals surface area contributed by atoms with Gasteiger partial charge in [-0.05, 0) is 38.3 Å². The second-order valence-corrected chi connectivity index (χ2v) is 7.55.